The van der Waals surface area contributed by atoms with Gasteiger partial charge in [0.1, 0.15) is 6.61 Å². The molecule has 5 heteroatoms. The Morgan fingerprint density at radius 3 is 2.60 bits per heavy atom. The molecule has 0 aliphatic carbocycles. The Kier molecular flexibility index (Phi) is 5.68. The molecule has 0 spiro atoms. The van der Waals surface area contributed by atoms with Crippen molar-refractivity contribution in [2.75, 3.05) is 18.5 Å². The summed E-state index contributed by atoms with van der Waals surface area (Å²) in [5, 5.41) is 4.22. The molecule has 1 aromatic heterocycles. The number of para-hydroxylation sites is 2. The Hall–Kier alpha value is -1.75. The summed E-state index contributed by atoms with van der Waals surface area (Å²) in [6, 6.07) is 7.72. The number of aromatic nitrogens is 1. The molecule has 1 N–H and O–H groups in total. The number of hydrogen-bond donors (Lipinski definition) is 1. The minimum absolute atomic E-state index is 0.509. The van der Waals surface area contributed by atoms with Gasteiger partial charge in [0.25, 0.3) is 0 Å². The van der Waals surface area contributed by atoms with Gasteiger partial charge in [0, 0.05) is 12.7 Å². The van der Waals surface area contributed by atoms with Crippen LogP contribution in [0.25, 0.3) is 0 Å². The fourth-order valence-corrected chi connectivity index (χ4v) is 2.43. The van der Waals surface area contributed by atoms with Crippen molar-refractivity contribution in [1.29, 1.82) is 0 Å². The molecule has 20 heavy (non-hydrogen) atoms. The molecule has 1 aromatic carbocycles. The lowest BCUT2D eigenvalue weighted by atomic mass is 10.3. The Labute approximate surface area is 123 Å². The fourth-order valence-electron chi connectivity index (χ4n) is 1.68. The quantitative estimate of drug-likeness (QED) is 0.800. The van der Waals surface area contributed by atoms with E-state index in [1.165, 1.54) is 0 Å². The highest BCUT2D eigenvalue weighted by Crippen LogP contribution is 2.28. The van der Waals surface area contributed by atoms with E-state index in [1.807, 2.05) is 37.4 Å². The van der Waals surface area contributed by atoms with Crippen LogP contribution in [-0.4, -0.2) is 18.1 Å². The van der Waals surface area contributed by atoms with Crippen LogP contribution < -0.4 is 14.8 Å². The van der Waals surface area contributed by atoms with Crippen LogP contribution in [0.15, 0.2) is 30.5 Å². The van der Waals surface area contributed by atoms with Crippen molar-refractivity contribution in [1.82, 2.24) is 4.98 Å². The number of anilines is 1. The van der Waals surface area contributed by atoms with Crippen LogP contribution in [0.3, 0.4) is 0 Å². The summed E-state index contributed by atoms with van der Waals surface area (Å²) < 4.78 is 11.3. The van der Waals surface area contributed by atoms with Crippen molar-refractivity contribution < 1.29 is 9.47 Å². The molecule has 1 heterocycles. The van der Waals surface area contributed by atoms with Gasteiger partial charge in [0.05, 0.1) is 11.5 Å². The van der Waals surface area contributed by atoms with E-state index in [4.69, 9.17) is 9.47 Å². The number of benzene rings is 1. The third kappa shape index (κ3) is 4.13. The summed E-state index contributed by atoms with van der Waals surface area (Å²) >= 11 is 1.62. The van der Waals surface area contributed by atoms with Gasteiger partial charge in [0.15, 0.2) is 16.6 Å². The Balaban J connectivity index is 1.93. The van der Waals surface area contributed by atoms with Gasteiger partial charge in [-0.3, -0.25) is 0 Å². The van der Waals surface area contributed by atoms with E-state index in [-0.39, 0.29) is 0 Å². The number of thiazole rings is 1. The summed E-state index contributed by atoms with van der Waals surface area (Å²) in [4.78, 5) is 5.41. The minimum atomic E-state index is 0.509. The SMILES string of the molecule is CCCNc1ncc(COc2ccccc2OCC)s1. The van der Waals surface area contributed by atoms with Crippen LogP contribution in [0, 0.1) is 0 Å². The van der Waals surface area contributed by atoms with Crippen LogP contribution in [0.4, 0.5) is 5.13 Å². The normalized spacial score (nSPS) is 10.3. The zero-order chi connectivity index (χ0) is 14.2. The second-order valence-corrected chi connectivity index (χ2v) is 5.34. The summed E-state index contributed by atoms with van der Waals surface area (Å²) in [5.41, 5.74) is 0. The van der Waals surface area contributed by atoms with Crippen molar-refractivity contribution >= 4 is 16.5 Å². The van der Waals surface area contributed by atoms with E-state index in [1.54, 1.807) is 11.3 Å². The molecule has 0 unspecified atom stereocenters. The van der Waals surface area contributed by atoms with Crippen LogP contribution in [-0.2, 0) is 6.61 Å². The molecule has 2 rings (SSSR count). The van der Waals surface area contributed by atoms with Gasteiger partial charge in [-0.05, 0) is 25.5 Å². The van der Waals surface area contributed by atoms with E-state index in [9.17, 15) is 0 Å². The number of nitrogens with zero attached hydrogens (tertiary/aromatic N) is 1. The maximum absolute atomic E-state index is 5.81. The molecule has 0 saturated heterocycles. The number of ether oxygens (including phenoxy) is 2. The van der Waals surface area contributed by atoms with E-state index in [0.717, 1.165) is 34.5 Å². The molecule has 0 radical (unpaired) electrons. The van der Waals surface area contributed by atoms with E-state index in [2.05, 4.69) is 17.2 Å². The number of rotatable bonds is 8. The lowest BCUT2D eigenvalue weighted by Crippen LogP contribution is -1.98. The Morgan fingerprint density at radius 2 is 1.90 bits per heavy atom. The molecule has 0 bridgehead atoms. The first kappa shape index (κ1) is 14.7. The maximum atomic E-state index is 5.81. The monoisotopic (exact) mass is 292 g/mol. The minimum Gasteiger partial charge on any atom is -0.490 e. The van der Waals surface area contributed by atoms with Crippen molar-refractivity contribution in [2.45, 2.75) is 26.9 Å². The second-order valence-electron chi connectivity index (χ2n) is 4.23. The maximum Gasteiger partial charge on any atom is 0.182 e. The third-order valence-corrected chi connectivity index (χ3v) is 3.53. The molecule has 0 atom stereocenters. The van der Waals surface area contributed by atoms with E-state index < -0.39 is 0 Å². The van der Waals surface area contributed by atoms with Crippen molar-refractivity contribution in [3.63, 3.8) is 0 Å². The molecule has 0 amide bonds. The second kappa shape index (κ2) is 7.75. The molecule has 0 saturated carbocycles. The molecular formula is C15H20N2O2S. The summed E-state index contributed by atoms with van der Waals surface area (Å²) in [6.07, 6.45) is 2.94. The average Bonchev–Trinajstić information content (AvgIpc) is 2.92. The lowest BCUT2D eigenvalue weighted by molar-refractivity contribution is 0.271. The molecule has 0 fully saturated rings. The molecule has 0 aliphatic rings. The molecule has 4 nitrogen and oxygen atoms in total. The summed E-state index contributed by atoms with van der Waals surface area (Å²) in [7, 11) is 0. The first-order valence-electron chi connectivity index (χ1n) is 6.86. The van der Waals surface area contributed by atoms with Crippen molar-refractivity contribution in [2.24, 2.45) is 0 Å². The number of nitrogens with one attached hydrogen (secondary N) is 1. The predicted octanol–water partition coefficient (Wildman–Crippen LogP) is 3.94. The molecule has 108 valence electrons. The van der Waals surface area contributed by atoms with Crippen LogP contribution in [0.1, 0.15) is 25.1 Å². The smallest absolute Gasteiger partial charge is 0.182 e. The standard InChI is InChI=1S/C15H20N2O2S/c1-3-9-16-15-17-10-12(20-15)11-19-14-8-6-5-7-13(14)18-4-2/h5-8,10H,3-4,9,11H2,1-2H3,(H,16,17). The Bertz CT molecular complexity index is 528. The van der Waals surface area contributed by atoms with Gasteiger partial charge >= 0.3 is 0 Å². The average molecular weight is 292 g/mol. The van der Waals surface area contributed by atoms with E-state index >= 15 is 0 Å². The van der Waals surface area contributed by atoms with E-state index in [0.29, 0.717) is 13.2 Å². The Morgan fingerprint density at radius 1 is 1.15 bits per heavy atom. The highest BCUT2D eigenvalue weighted by atomic mass is 32.1. The largest absolute Gasteiger partial charge is 0.490 e. The highest BCUT2D eigenvalue weighted by Gasteiger charge is 2.06. The van der Waals surface area contributed by atoms with Crippen molar-refractivity contribution in [3.8, 4) is 11.5 Å². The highest BCUT2D eigenvalue weighted by molar-refractivity contribution is 7.15. The van der Waals surface area contributed by atoms with Gasteiger partial charge in [-0.2, -0.15) is 0 Å². The van der Waals surface area contributed by atoms with Crippen molar-refractivity contribution in [3.05, 3.63) is 35.3 Å². The third-order valence-electron chi connectivity index (χ3n) is 2.60. The van der Waals surface area contributed by atoms with Gasteiger partial charge in [0.2, 0.25) is 0 Å². The molecule has 2 aromatic rings. The van der Waals surface area contributed by atoms with Crippen LogP contribution in [0.2, 0.25) is 0 Å². The van der Waals surface area contributed by atoms with Gasteiger partial charge < -0.3 is 14.8 Å². The summed E-state index contributed by atoms with van der Waals surface area (Å²) in [6.45, 7) is 6.18. The van der Waals surface area contributed by atoms with Gasteiger partial charge in [-0.1, -0.05) is 30.4 Å². The van der Waals surface area contributed by atoms with Gasteiger partial charge in [-0.25, -0.2) is 4.98 Å². The lowest BCUT2D eigenvalue weighted by Gasteiger charge is -2.10. The fraction of sp³-hybridized carbons (Fsp3) is 0.400. The summed E-state index contributed by atoms with van der Waals surface area (Å²) in [5.74, 6) is 1.55. The first-order chi connectivity index (χ1) is 9.83. The van der Waals surface area contributed by atoms with Gasteiger partial charge in [-0.15, -0.1) is 0 Å². The molecular weight excluding hydrogens is 272 g/mol. The number of hydrogen-bond acceptors (Lipinski definition) is 5. The van der Waals surface area contributed by atoms with Crippen LogP contribution in [0.5, 0.6) is 11.5 Å². The van der Waals surface area contributed by atoms with Crippen LogP contribution >= 0.6 is 11.3 Å². The zero-order valence-electron chi connectivity index (χ0n) is 11.9. The zero-order valence-corrected chi connectivity index (χ0v) is 12.7. The predicted molar refractivity (Wildman–Crippen MR) is 82.8 cm³/mol. The topological polar surface area (TPSA) is 43.4 Å². The first-order valence-corrected chi connectivity index (χ1v) is 7.68. The molecule has 0 aliphatic heterocycles.